The molecule has 25 heavy (non-hydrogen) atoms. The smallest absolute Gasteiger partial charge is 0.336 e. The molecule has 0 radical (unpaired) electrons. The second-order valence-electron chi connectivity index (χ2n) is 5.48. The van der Waals surface area contributed by atoms with E-state index >= 15 is 0 Å². The number of rotatable bonds is 4. The van der Waals surface area contributed by atoms with Gasteiger partial charge in [0, 0.05) is 26.8 Å². The van der Waals surface area contributed by atoms with Gasteiger partial charge in [-0.15, -0.1) is 0 Å². The van der Waals surface area contributed by atoms with Crippen LogP contribution in [0.4, 0.5) is 5.69 Å². The van der Waals surface area contributed by atoms with E-state index in [1.165, 1.54) is 25.1 Å². The standard InChI is InChI=1S/C18H18N4O3/c1-19-15(18(24)25-5)11-16-20-14(17(23)22(16)4)10-12-6-8-13(9-7-12)21(2)3/h6-11H,2-5H3/b14-10-,15-11+. The number of aliphatic imine (C=N–C) groups is 1. The highest BCUT2D eigenvalue weighted by Gasteiger charge is 2.26. The van der Waals surface area contributed by atoms with Gasteiger partial charge in [-0.3, -0.25) is 14.5 Å². The van der Waals surface area contributed by atoms with Gasteiger partial charge in [0.25, 0.3) is 11.6 Å². The molecule has 1 aromatic rings. The molecular weight excluding hydrogens is 320 g/mol. The number of likely N-dealkylation sites (N-methyl/N-ethyl adjacent to an activating group) is 1. The van der Waals surface area contributed by atoms with Gasteiger partial charge in [-0.1, -0.05) is 12.1 Å². The molecule has 0 unspecified atom stereocenters. The lowest BCUT2D eigenvalue weighted by Gasteiger charge is -2.11. The fourth-order valence-corrected chi connectivity index (χ4v) is 2.14. The molecule has 1 aliphatic rings. The third kappa shape index (κ3) is 3.93. The highest BCUT2D eigenvalue weighted by molar-refractivity contribution is 6.18. The molecule has 1 amide bonds. The monoisotopic (exact) mass is 338 g/mol. The van der Waals surface area contributed by atoms with Crippen molar-refractivity contribution in [1.29, 1.82) is 0 Å². The maximum atomic E-state index is 12.3. The van der Waals surface area contributed by atoms with Gasteiger partial charge in [0.05, 0.1) is 13.7 Å². The maximum absolute atomic E-state index is 12.3. The molecule has 0 bridgehead atoms. The molecule has 1 aromatic carbocycles. The summed E-state index contributed by atoms with van der Waals surface area (Å²) >= 11 is 0. The van der Waals surface area contributed by atoms with Crippen LogP contribution in [0.5, 0.6) is 0 Å². The maximum Gasteiger partial charge on any atom is 0.336 e. The lowest BCUT2D eigenvalue weighted by atomic mass is 10.1. The van der Waals surface area contributed by atoms with Gasteiger partial charge in [0.1, 0.15) is 11.5 Å². The number of nitrogens with zero attached hydrogens (tertiary/aromatic N) is 4. The Kier molecular flexibility index (Phi) is 5.35. The van der Waals surface area contributed by atoms with E-state index in [4.69, 9.17) is 6.57 Å². The highest BCUT2D eigenvalue weighted by Crippen LogP contribution is 2.20. The zero-order valence-electron chi connectivity index (χ0n) is 14.5. The molecule has 2 rings (SSSR count). The average molecular weight is 338 g/mol. The van der Waals surface area contributed by atoms with E-state index in [0.717, 1.165) is 11.3 Å². The number of hydrogen-bond donors (Lipinski definition) is 0. The molecule has 0 atom stereocenters. The predicted octanol–water partition coefficient (Wildman–Crippen LogP) is 1.94. The van der Waals surface area contributed by atoms with Crippen molar-refractivity contribution in [2.45, 2.75) is 0 Å². The van der Waals surface area contributed by atoms with Crippen molar-refractivity contribution in [3.05, 3.63) is 58.7 Å². The second kappa shape index (κ2) is 7.45. The second-order valence-corrected chi connectivity index (χ2v) is 5.48. The van der Waals surface area contributed by atoms with Crippen molar-refractivity contribution in [3.8, 4) is 0 Å². The van der Waals surface area contributed by atoms with Crippen LogP contribution in [-0.4, -0.2) is 50.9 Å². The predicted molar refractivity (Wildman–Crippen MR) is 95.7 cm³/mol. The SMILES string of the molecule is [C-]#[N+]/C(=C/C1=NC(=C\c2ccc(N(C)C)cc2)/C(=O)N1C)C(=O)OC. The number of carbonyl (C=O) groups is 2. The first-order chi connectivity index (χ1) is 11.9. The van der Waals surface area contributed by atoms with Gasteiger partial charge in [0.15, 0.2) is 0 Å². The average Bonchev–Trinajstić information content (AvgIpc) is 2.87. The zero-order valence-corrected chi connectivity index (χ0v) is 14.5. The van der Waals surface area contributed by atoms with E-state index in [0.29, 0.717) is 0 Å². The van der Waals surface area contributed by atoms with Gasteiger partial charge in [-0.05, 0) is 29.8 Å². The Balaban J connectivity index is 2.34. The van der Waals surface area contributed by atoms with E-state index in [2.05, 4.69) is 14.6 Å². The summed E-state index contributed by atoms with van der Waals surface area (Å²) in [4.78, 5) is 34.4. The largest absolute Gasteiger partial charge is 0.474 e. The molecule has 7 heteroatoms. The van der Waals surface area contributed by atoms with Crippen LogP contribution in [0.1, 0.15) is 5.56 Å². The summed E-state index contributed by atoms with van der Waals surface area (Å²) < 4.78 is 4.53. The van der Waals surface area contributed by atoms with Gasteiger partial charge in [0.2, 0.25) is 0 Å². The first kappa shape index (κ1) is 17.9. The minimum atomic E-state index is -0.768. The molecular formula is C18H18N4O3. The summed E-state index contributed by atoms with van der Waals surface area (Å²) in [6.45, 7) is 7.04. The summed E-state index contributed by atoms with van der Waals surface area (Å²) in [6, 6.07) is 7.65. The molecule has 0 aliphatic carbocycles. The lowest BCUT2D eigenvalue weighted by Crippen LogP contribution is -2.26. The van der Waals surface area contributed by atoms with Gasteiger partial charge >= 0.3 is 5.97 Å². The fourth-order valence-electron chi connectivity index (χ4n) is 2.14. The van der Waals surface area contributed by atoms with E-state index in [1.54, 1.807) is 6.08 Å². The number of amides is 1. The molecule has 0 fully saturated rings. The third-order valence-electron chi connectivity index (χ3n) is 3.60. The third-order valence-corrected chi connectivity index (χ3v) is 3.60. The van der Waals surface area contributed by atoms with Crippen molar-refractivity contribution >= 4 is 29.5 Å². The Morgan fingerprint density at radius 1 is 1.32 bits per heavy atom. The zero-order chi connectivity index (χ0) is 18.6. The van der Waals surface area contributed by atoms with Crippen LogP contribution >= 0.6 is 0 Å². The topological polar surface area (TPSA) is 66.6 Å². The molecule has 7 nitrogen and oxygen atoms in total. The number of methoxy groups -OCH3 is 1. The van der Waals surface area contributed by atoms with Crippen molar-refractivity contribution in [2.24, 2.45) is 4.99 Å². The number of ether oxygens (including phenoxy) is 1. The molecule has 0 saturated heterocycles. The van der Waals surface area contributed by atoms with Crippen molar-refractivity contribution < 1.29 is 14.3 Å². The summed E-state index contributed by atoms with van der Waals surface area (Å²) in [5.41, 5.74) is 1.87. The fraction of sp³-hybridized carbons (Fsp3) is 0.222. The Labute approximate surface area is 146 Å². The van der Waals surface area contributed by atoms with Crippen LogP contribution < -0.4 is 4.90 Å². The first-order valence-corrected chi connectivity index (χ1v) is 7.40. The van der Waals surface area contributed by atoms with Crippen LogP contribution in [0.25, 0.3) is 10.9 Å². The van der Waals surface area contributed by atoms with Crippen molar-refractivity contribution in [1.82, 2.24) is 4.90 Å². The Bertz CT molecular complexity index is 827. The van der Waals surface area contributed by atoms with Gasteiger partial charge in [-0.25, -0.2) is 9.84 Å². The molecule has 0 N–H and O–H groups in total. The molecule has 1 aliphatic heterocycles. The molecule has 128 valence electrons. The summed E-state index contributed by atoms with van der Waals surface area (Å²) in [5.74, 6) is -0.857. The minimum Gasteiger partial charge on any atom is -0.474 e. The van der Waals surface area contributed by atoms with Gasteiger partial charge < -0.3 is 9.64 Å². The van der Waals surface area contributed by atoms with Crippen LogP contribution in [0.2, 0.25) is 0 Å². The molecule has 0 spiro atoms. The van der Waals surface area contributed by atoms with Crippen LogP contribution in [0, 0.1) is 6.57 Å². The number of carbonyl (C=O) groups excluding carboxylic acids is 2. The summed E-state index contributed by atoms with van der Waals surface area (Å²) in [6.07, 6.45) is 2.90. The molecule has 1 heterocycles. The number of amidine groups is 1. The van der Waals surface area contributed by atoms with E-state index < -0.39 is 5.97 Å². The Hall–Kier alpha value is -3.40. The van der Waals surface area contributed by atoms with Crippen LogP contribution in [0.15, 0.2) is 46.7 Å². The van der Waals surface area contributed by atoms with E-state index in [-0.39, 0.29) is 23.1 Å². The number of anilines is 1. The van der Waals surface area contributed by atoms with Crippen LogP contribution in [-0.2, 0) is 14.3 Å². The minimum absolute atomic E-state index is 0.220. The number of esters is 1. The van der Waals surface area contributed by atoms with E-state index in [1.807, 2.05) is 43.3 Å². The highest BCUT2D eigenvalue weighted by atomic mass is 16.5. The normalized spacial score (nSPS) is 15.9. The number of hydrogen-bond acceptors (Lipinski definition) is 5. The quantitative estimate of drug-likeness (QED) is 0.478. The lowest BCUT2D eigenvalue weighted by molar-refractivity contribution is -0.135. The first-order valence-electron chi connectivity index (χ1n) is 7.40. The summed E-state index contributed by atoms with van der Waals surface area (Å²) in [7, 11) is 6.62. The molecule has 0 saturated carbocycles. The summed E-state index contributed by atoms with van der Waals surface area (Å²) in [5, 5.41) is 0. The number of benzene rings is 1. The van der Waals surface area contributed by atoms with Crippen LogP contribution in [0.3, 0.4) is 0 Å². The van der Waals surface area contributed by atoms with Crippen molar-refractivity contribution in [3.63, 3.8) is 0 Å². The Morgan fingerprint density at radius 2 is 1.96 bits per heavy atom. The van der Waals surface area contributed by atoms with Gasteiger partial charge in [-0.2, -0.15) is 0 Å². The Morgan fingerprint density at radius 3 is 2.48 bits per heavy atom. The molecule has 0 aromatic heterocycles. The van der Waals surface area contributed by atoms with E-state index in [9.17, 15) is 9.59 Å². The van der Waals surface area contributed by atoms with Crippen molar-refractivity contribution in [2.75, 3.05) is 33.2 Å².